The molecule has 0 spiro atoms. The minimum absolute atomic E-state index is 1.08. The van der Waals surface area contributed by atoms with E-state index in [9.17, 15) is 0 Å². The lowest BCUT2D eigenvalue weighted by molar-refractivity contribution is 0.0930. The van der Waals surface area contributed by atoms with E-state index in [0.29, 0.717) is 0 Å². The minimum Gasteiger partial charge on any atom is -0.0654 e. The molecule has 2 unspecified atom stereocenters. The van der Waals surface area contributed by atoms with Gasteiger partial charge in [0.25, 0.3) is 0 Å². The average molecular weight is 236 g/mol. The molecule has 0 heterocycles. The highest BCUT2D eigenvalue weighted by Crippen LogP contribution is 2.46. The van der Waals surface area contributed by atoms with E-state index in [2.05, 4.69) is 13.8 Å². The van der Waals surface area contributed by atoms with Crippen molar-refractivity contribution >= 4 is 0 Å². The molecule has 4 atom stereocenters. The van der Waals surface area contributed by atoms with Gasteiger partial charge in [0, 0.05) is 0 Å². The van der Waals surface area contributed by atoms with Crippen molar-refractivity contribution in [3.63, 3.8) is 0 Å². The smallest absolute Gasteiger partial charge is 0.0383 e. The van der Waals surface area contributed by atoms with Gasteiger partial charge in [0.15, 0.2) is 0 Å². The van der Waals surface area contributed by atoms with Gasteiger partial charge >= 0.3 is 0 Å². The summed E-state index contributed by atoms with van der Waals surface area (Å²) in [7, 11) is 0. The lowest BCUT2D eigenvalue weighted by Gasteiger charge is -2.42. The van der Waals surface area contributed by atoms with Crippen LogP contribution in [0.4, 0.5) is 0 Å². The van der Waals surface area contributed by atoms with Gasteiger partial charge in [0.2, 0.25) is 0 Å². The summed E-state index contributed by atoms with van der Waals surface area (Å²) < 4.78 is 0. The first-order valence-electron chi connectivity index (χ1n) is 8.33. The Morgan fingerprint density at radius 1 is 0.765 bits per heavy atom. The van der Waals surface area contributed by atoms with Gasteiger partial charge in [-0.15, -0.1) is 0 Å². The van der Waals surface area contributed by atoms with Crippen molar-refractivity contribution in [2.75, 3.05) is 0 Å². The first-order valence-corrected chi connectivity index (χ1v) is 8.33. The fraction of sp³-hybridized carbons (Fsp3) is 1.00. The topological polar surface area (TPSA) is 0 Å². The molecule has 0 bridgehead atoms. The van der Waals surface area contributed by atoms with Crippen molar-refractivity contribution in [1.82, 2.24) is 0 Å². The zero-order valence-corrected chi connectivity index (χ0v) is 12.1. The van der Waals surface area contributed by atoms with Gasteiger partial charge in [0.1, 0.15) is 0 Å². The SMILES string of the molecule is CCCCCC1CCC2C[C@H](CC)CC[C@@H]2C1. The molecule has 2 saturated carbocycles. The quantitative estimate of drug-likeness (QED) is 0.528. The molecule has 0 saturated heterocycles. The van der Waals surface area contributed by atoms with Crippen molar-refractivity contribution in [2.45, 2.75) is 84.5 Å². The third-order valence-corrected chi connectivity index (χ3v) is 5.62. The number of hydrogen-bond donors (Lipinski definition) is 0. The molecule has 0 radical (unpaired) electrons. The van der Waals surface area contributed by atoms with E-state index < -0.39 is 0 Å². The van der Waals surface area contributed by atoms with E-state index in [4.69, 9.17) is 0 Å². The summed E-state index contributed by atoms with van der Waals surface area (Å²) in [5.41, 5.74) is 0. The fourth-order valence-corrected chi connectivity index (χ4v) is 4.40. The lowest BCUT2D eigenvalue weighted by Crippen LogP contribution is -2.30. The highest BCUT2D eigenvalue weighted by Gasteiger charge is 2.34. The summed E-state index contributed by atoms with van der Waals surface area (Å²) in [5, 5.41) is 0. The molecule has 0 amide bonds. The molecule has 0 N–H and O–H groups in total. The highest BCUT2D eigenvalue weighted by molar-refractivity contribution is 4.85. The monoisotopic (exact) mass is 236 g/mol. The summed E-state index contributed by atoms with van der Waals surface area (Å²) in [6, 6.07) is 0. The second kappa shape index (κ2) is 6.81. The van der Waals surface area contributed by atoms with E-state index in [1.807, 2.05) is 0 Å². The molecule has 2 aliphatic carbocycles. The Morgan fingerprint density at radius 3 is 2.06 bits per heavy atom. The zero-order valence-electron chi connectivity index (χ0n) is 12.1. The Kier molecular flexibility index (Phi) is 5.38. The van der Waals surface area contributed by atoms with Crippen molar-refractivity contribution in [2.24, 2.45) is 23.7 Å². The zero-order chi connectivity index (χ0) is 12.1. The molecule has 17 heavy (non-hydrogen) atoms. The van der Waals surface area contributed by atoms with Gasteiger partial charge in [-0.2, -0.15) is 0 Å². The summed E-state index contributed by atoms with van der Waals surface area (Å²) in [5.74, 6) is 4.42. The summed E-state index contributed by atoms with van der Waals surface area (Å²) in [6.07, 6.45) is 16.7. The molecule has 0 aromatic carbocycles. The van der Waals surface area contributed by atoms with Crippen LogP contribution in [0, 0.1) is 23.7 Å². The van der Waals surface area contributed by atoms with Crippen molar-refractivity contribution < 1.29 is 0 Å². The molecular formula is C17H32. The maximum atomic E-state index is 2.39. The third kappa shape index (κ3) is 3.73. The number of fused-ring (bicyclic) bond motifs is 1. The van der Waals surface area contributed by atoms with Crippen LogP contribution in [0.15, 0.2) is 0 Å². The predicted molar refractivity (Wildman–Crippen MR) is 76.1 cm³/mol. The summed E-state index contributed by atoms with van der Waals surface area (Å²) in [4.78, 5) is 0. The van der Waals surface area contributed by atoms with Crippen molar-refractivity contribution in [3.05, 3.63) is 0 Å². The third-order valence-electron chi connectivity index (χ3n) is 5.62. The maximum Gasteiger partial charge on any atom is -0.0383 e. The number of hydrogen-bond acceptors (Lipinski definition) is 0. The second-order valence-electron chi connectivity index (χ2n) is 6.78. The Hall–Kier alpha value is 0. The van der Waals surface area contributed by atoms with Gasteiger partial charge in [-0.05, 0) is 49.4 Å². The van der Waals surface area contributed by atoms with Crippen molar-refractivity contribution in [3.8, 4) is 0 Å². The average Bonchev–Trinajstić information content (AvgIpc) is 2.38. The van der Waals surface area contributed by atoms with Gasteiger partial charge in [-0.1, -0.05) is 58.8 Å². The van der Waals surface area contributed by atoms with Crippen LogP contribution in [0.25, 0.3) is 0 Å². The standard InChI is InChI=1S/C17H32/c1-3-5-6-7-15-9-11-16-12-14(4-2)8-10-17(16)13-15/h14-17H,3-13H2,1-2H3/t14-,15?,16?,17-/m1/s1. The molecule has 2 aliphatic rings. The molecule has 0 aromatic heterocycles. The first-order chi connectivity index (χ1) is 8.33. The number of unbranched alkanes of at least 4 members (excludes halogenated alkanes) is 2. The van der Waals surface area contributed by atoms with E-state index in [1.54, 1.807) is 38.5 Å². The van der Waals surface area contributed by atoms with Crippen LogP contribution in [0.3, 0.4) is 0 Å². The molecule has 0 aliphatic heterocycles. The Morgan fingerprint density at radius 2 is 1.41 bits per heavy atom. The van der Waals surface area contributed by atoms with Gasteiger partial charge in [-0.25, -0.2) is 0 Å². The second-order valence-corrected chi connectivity index (χ2v) is 6.78. The van der Waals surface area contributed by atoms with E-state index in [1.165, 1.54) is 32.1 Å². The van der Waals surface area contributed by atoms with Crippen LogP contribution < -0.4 is 0 Å². The largest absolute Gasteiger partial charge is 0.0654 e. The van der Waals surface area contributed by atoms with E-state index >= 15 is 0 Å². The molecular weight excluding hydrogens is 204 g/mol. The van der Waals surface area contributed by atoms with Crippen LogP contribution in [-0.4, -0.2) is 0 Å². The maximum absolute atomic E-state index is 2.39. The molecule has 0 nitrogen and oxygen atoms in total. The van der Waals surface area contributed by atoms with Crippen LogP contribution in [0.2, 0.25) is 0 Å². The normalized spacial score (nSPS) is 37.8. The Labute approximate surface area is 109 Å². The first kappa shape index (κ1) is 13.4. The Balaban J connectivity index is 1.73. The molecule has 0 aromatic rings. The summed E-state index contributed by atoms with van der Waals surface area (Å²) in [6.45, 7) is 4.71. The van der Waals surface area contributed by atoms with Gasteiger partial charge < -0.3 is 0 Å². The fourth-order valence-electron chi connectivity index (χ4n) is 4.40. The van der Waals surface area contributed by atoms with Crippen LogP contribution in [-0.2, 0) is 0 Å². The van der Waals surface area contributed by atoms with Crippen LogP contribution in [0.1, 0.15) is 84.5 Å². The van der Waals surface area contributed by atoms with Crippen LogP contribution >= 0.6 is 0 Å². The molecule has 0 heteroatoms. The predicted octanol–water partition coefficient (Wildman–Crippen LogP) is 5.81. The molecule has 100 valence electrons. The van der Waals surface area contributed by atoms with Crippen molar-refractivity contribution in [1.29, 1.82) is 0 Å². The van der Waals surface area contributed by atoms with E-state index in [-0.39, 0.29) is 0 Å². The van der Waals surface area contributed by atoms with Gasteiger partial charge in [0.05, 0.1) is 0 Å². The lowest BCUT2D eigenvalue weighted by atomic mass is 9.64. The highest BCUT2D eigenvalue weighted by atomic mass is 14.4. The number of rotatable bonds is 5. The molecule has 2 rings (SSSR count). The minimum atomic E-state index is 1.08. The Bertz CT molecular complexity index is 208. The van der Waals surface area contributed by atoms with Gasteiger partial charge in [-0.3, -0.25) is 0 Å². The van der Waals surface area contributed by atoms with E-state index in [0.717, 1.165) is 23.7 Å². The van der Waals surface area contributed by atoms with Crippen LogP contribution in [0.5, 0.6) is 0 Å². The summed E-state index contributed by atoms with van der Waals surface area (Å²) >= 11 is 0. The molecule has 2 fully saturated rings.